The highest BCUT2D eigenvalue weighted by molar-refractivity contribution is 6.31. The van der Waals surface area contributed by atoms with Crippen molar-refractivity contribution in [1.29, 1.82) is 0 Å². The van der Waals surface area contributed by atoms with Crippen molar-refractivity contribution in [3.05, 3.63) is 34.6 Å². The molecule has 0 saturated carbocycles. The van der Waals surface area contributed by atoms with Gasteiger partial charge in [-0.1, -0.05) is 32.4 Å². The fourth-order valence-corrected chi connectivity index (χ4v) is 2.56. The van der Waals surface area contributed by atoms with Crippen molar-refractivity contribution in [2.24, 2.45) is 5.92 Å². The summed E-state index contributed by atoms with van der Waals surface area (Å²) in [6, 6.07) is 4.40. The number of halogens is 2. The molecule has 0 bridgehead atoms. The largest absolute Gasteiger partial charge is 0.376 e. The average Bonchev–Trinajstić information content (AvgIpc) is 2.41. The predicted molar refractivity (Wildman–Crippen MR) is 82.7 cm³/mol. The van der Waals surface area contributed by atoms with Gasteiger partial charge >= 0.3 is 0 Å². The van der Waals surface area contributed by atoms with E-state index in [-0.39, 0.29) is 18.0 Å². The molecule has 2 unspecified atom stereocenters. The molecule has 2 atom stereocenters. The van der Waals surface area contributed by atoms with E-state index in [4.69, 9.17) is 16.3 Å². The van der Waals surface area contributed by atoms with E-state index in [1.807, 2.05) is 6.92 Å². The van der Waals surface area contributed by atoms with Crippen LogP contribution >= 0.6 is 11.6 Å². The first-order valence-electron chi connectivity index (χ1n) is 7.31. The standard InChI is InChI=1S/C16H25ClFNO/c1-5-9-19-15(16(11(3)4)20-6-2)13-10-12(18)7-8-14(13)17/h7-8,10-11,15-16,19H,5-6,9H2,1-4H3. The van der Waals surface area contributed by atoms with Gasteiger partial charge in [-0.2, -0.15) is 0 Å². The van der Waals surface area contributed by atoms with Crippen molar-refractivity contribution in [2.45, 2.75) is 46.3 Å². The van der Waals surface area contributed by atoms with Crippen molar-refractivity contribution in [3.8, 4) is 0 Å². The molecule has 1 rings (SSSR count). The van der Waals surface area contributed by atoms with Crippen LogP contribution in [0.25, 0.3) is 0 Å². The van der Waals surface area contributed by atoms with Crippen LogP contribution in [0.15, 0.2) is 18.2 Å². The zero-order valence-corrected chi connectivity index (χ0v) is 13.5. The van der Waals surface area contributed by atoms with Crippen LogP contribution in [0.1, 0.15) is 45.7 Å². The lowest BCUT2D eigenvalue weighted by atomic mass is 9.93. The summed E-state index contributed by atoms with van der Waals surface area (Å²) < 4.78 is 19.4. The molecule has 0 aliphatic carbocycles. The fraction of sp³-hybridized carbons (Fsp3) is 0.625. The minimum absolute atomic E-state index is 0.0363. The molecule has 0 amide bonds. The lowest BCUT2D eigenvalue weighted by Crippen LogP contribution is -2.38. The van der Waals surface area contributed by atoms with Crippen molar-refractivity contribution in [2.75, 3.05) is 13.2 Å². The van der Waals surface area contributed by atoms with E-state index in [9.17, 15) is 4.39 Å². The molecule has 114 valence electrons. The first kappa shape index (κ1) is 17.4. The minimum atomic E-state index is -0.272. The van der Waals surface area contributed by atoms with Crippen LogP contribution in [0.3, 0.4) is 0 Å². The van der Waals surface area contributed by atoms with Gasteiger partial charge in [0, 0.05) is 11.6 Å². The first-order valence-corrected chi connectivity index (χ1v) is 7.68. The summed E-state index contributed by atoms with van der Waals surface area (Å²) in [4.78, 5) is 0. The molecule has 20 heavy (non-hydrogen) atoms. The highest BCUT2D eigenvalue weighted by Crippen LogP contribution is 2.30. The Morgan fingerprint density at radius 1 is 1.30 bits per heavy atom. The van der Waals surface area contributed by atoms with Crippen molar-refractivity contribution in [3.63, 3.8) is 0 Å². The topological polar surface area (TPSA) is 21.3 Å². The Hall–Kier alpha value is -0.640. The molecule has 0 aromatic heterocycles. The smallest absolute Gasteiger partial charge is 0.123 e. The monoisotopic (exact) mass is 301 g/mol. The van der Waals surface area contributed by atoms with Crippen LogP contribution in [-0.4, -0.2) is 19.3 Å². The molecule has 0 saturated heterocycles. The lowest BCUT2D eigenvalue weighted by molar-refractivity contribution is 0.00280. The molecule has 2 nitrogen and oxygen atoms in total. The number of nitrogens with one attached hydrogen (secondary N) is 1. The Morgan fingerprint density at radius 2 is 2.00 bits per heavy atom. The number of hydrogen-bond donors (Lipinski definition) is 1. The molecule has 1 N–H and O–H groups in total. The van der Waals surface area contributed by atoms with Gasteiger partial charge in [0.1, 0.15) is 5.82 Å². The summed E-state index contributed by atoms with van der Waals surface area (Å²) in [5.41, 5.74) is 0.771. The van der Waals surface area contributed by atoms with Gasteiger partial charge in [0.15, 0.2) is 0 Å². The molecule has 0 spiro atoms. The number of hydrogen-bond acceptors (Lipinski definition) is 2. The van der Waals surface area contributed by atoms with E-state index in [0.29, 0.717) is 17.5 Å². The molecule has 0 aliphatic rings. The van der Waals surface area contributed by atoms with Gasteiger partial charge in [-0.25, -0.2) is 4.39 Å². The molecule has 0 heterocycles. The average molecular weight is 302 g/mol. The zero-order chi connectivity index (χ0) is 15.1. The SMILES string of the molecule is CCCNC(c1cc(F)ccc1Cl)C(OCC)C(C)C. The molecular formula is C16H25ClFNO. The molecule has 0 fully saturated rings. The summed E-state index contributed by atoms with van der Waals surface area (Å²) in [5.74, 6) is 0.0374. The summed E-state index contributed by atoms with van der Waals surface area (Å²) in [6.45, 7) is 9.75. The fourth-order valence-electron chi connectivity index (χ4n) is 2.32. The Balaban J connectivity index is 3.11. The number of benzene rings is 1. The van der Waals surface area contributed by atoms with E-state index < -0.39 is 0 Å². The molecule has 0 aliphatic heterocycles. The second kappa shape index (κ2) is 8.60. The molecular weight excluding hydrogens is 277 g/mol. The minimum Gasteiger partial charge on any atom is -0.376 e. The molecule has 1 aromatic rings. The maximum Gasteiger partial charge on any atom is 0.123 e. The highest BCUT2D eigenvalue weighted by Gasteiger charge is 2.28. The maximum atomic E-state index is 13.6. The van der Waals surface area contributed by atoms with Gasteiger partial charge in [-0.3, -0.25) is 0 Å². The van der Waals surface area contributed by atoms with Crippen LogP contribution in [0.4, 0.5) is 4.39 Å². The molecule has 0 radical (unpaired) electrons. The summed E-state index contributed by atoms with van der Waals surface area (Å²) >= 11 is 6.26. The highest BCUT2D eigenvalue weighted by atomic mass is 35.5. The van der Waals surface area contributed by atoms with Crippen LogP contribution < -0.4 is 5.32 Å². The van der Waals surface area contributed by atoms with E-state index >= 15 is 0 Å². The van der Waals surface area contributed by atoms with Gasteiger partial charge in [0.05, 0.1) is 12.1 Å². The van der Waals surface area contributed by atoms with Gasteiger partial charge in [-0.05, 0) is 49.6 Å². The van der Waals surface area contributed by atoms with Crippen LogP contribution in [0.2, 0.25) is 5.02 Å². The van der Waals surface area contributed by atoms with Gasteiger partial charge in [-0.15, -0.1) is 0 Å². The summed E-state index contributed by atoms with van der Waals surface area (Å²) in [5, 5.41) is 4.02. The van der Waals surface area contributed by atoms with Crippen molar-refractivity contribution in [1.82, 2.24) is 5.32 Å². The maximum absolute atomic E-state index is 13.6. The van der Waals surface area contributed by atoms with Crippen LogP contribution in [0, 0.1) is 11.7 Å². The first-order chi connectivity index (χ1) is 9.51. The van der Waals surface area contributed by atoms with Gasteiger partial charge < -0.3 is 10.1 Å². The van der Waals surface area contributed by atoms with Crippen LogP contribution in [0.5, 0.6) is 0 Å². The zero-order valence-electron chi connectivity index (χ0n) is 12.7. The van der Waals surface area contributed by atoms with Crippen LogP contribution in [-0.2, 0) is 4.74 Å². The Labute approximate surface area is 126 Å². The van der Waals surface area contributed by atoms with E-state index in [1.165, 1.54) is 12.1 Å². The van der Waals surface area contributed by atoms with Gasteiger partial charge in [0.2, 0.25) is 0 Å². The summed E-state index contributed by atoms with van der Waals surface area (Å²) in [7, 11) is 0. The Morgan fingerprint density at radius 3 is 2.55 bits per heavy atom. The molecule has 4 heteroatoms. The molecule has 1 aromatic carbocycles. The normalized spacial score (nSPS) is 14.6. The third-order valence-electron chi connectivity index (χ3n) is 3.25. The quantitative estimate of drug-likeness (QED) is 0.759. The van der Waals surface area contributed by atoms with E-state index in [2.05, 4.69) is 26.1 Å². The third-order valence-corrected chi connectivity index (χ3v) is 3.60. The second-order valence-corrected chi connectivity index (χ2v) is 5.67. The third kappa shape index (κ3) is 4.72. The van der Waals surface area contributed by atoms with E-state index in [1.54, 1.807) is 6.07 Å². The van der Waals surface area contributed by atoms with Gasteiger partial charge in [0.25, 0.3) is 0 Å². The Kier molecular flexibility index (Phi) is 7.49. The number of rotatable bonds is 8. The Bertz CT molecular complexity index is 411. The summed E-state index contributed by atoms with van der Waals surface area (Å²) in [6.07, 6.45) is 0.964. The van der Waals surface area contributed by atoms with Crippen molar-refractivity contribution >= 4 is 11.6 Å². The predicted octanol–water partition coefficient (Wildman–Crippen LogP) is 4.58. The van der Waals surface area contributed by atoms with Crippen molar-refractivity contribution < 1.29 is 9.13 Å². The van der Waals surface area contributed by atoms with E-state index in [0.717, 1.165) is 18.5 Å². The number of ether oxygens (including phenoxy) is 1. The second-order valence-electron chi connectivity index (χ2n) is 5.26. The lowest BCUT2D eigenvalue weighted by Gasteiger charge is -2.31.